The molecular weight excluding hydrogens is 575 g/mol. The van der Waals surface area contributed by atoms with Crippen LogP contribution in [0.4, 0.5) is 9.18 Å². The van der Waals surface area contributed by atoms with Crippen molar-refractivity contribution in [2.45, 2.75) is 107 Å². The lowest BCUT2D eigenvalue weighted by atomic mass is 9.73. The molecule has 2 bridgehead atoms. The summed E-state index contributed by atoms with van der Waals surface area (Å²) in [6.45, 7) is 5.86. The maximum absolute atomic E-state index is 14.0. The number of carboxylic acid groups (broad SMARTS) is 1. The monoisotopic (exact) mass is 624 g/mol. The van der Waals surface area contributed by atoms with E-state index in [9.17, 15) is 28.2 Å². The molecule has 3 saturated heterocycles. The highest BCUT2D eigenvalue weighted by Crippen LogP contribution is 2.49. The first kappa shape index (κ1) is 32.4. The molecule has 3 heterocycles. The zero-order valence-corrected chi connectivity index (χ0v) is 26.2. The van der Waals surface area contributed by atoms with E-state index in [1.807, 2.05) is 18.2 Å². The van der Waals surface area contributed by atoms with Gasteiger partial charge in [-0.15, -0.1) is 10.8 Å². The van der Waals surface area contributed by atoms with Gasteiger partial charge in [0.2, 0.25) is 5.91 Å². The van der Waals surface area contributed by atoms with E-state index in [0.29, 0.717) is 31.7 Å². The highest BCUT2D eigenvalue weighted by molar-refractivity contribution is 8.22. The summed E-state index contributed by atoms with van der Waals surface area (Å²) in [6, 6.07) is 5.19. The van der Waals surface area contributed by atoms with Crippen LogP contribution in [0.5, 0.6) is 0 Å². The summed E-state index contributed by atoms with van der Waals surface area (Å²) in [7, 11) is -2.77. The molecule has 1 saturated carbocycles. The van der Waals surface area contributed by atoms with E-state index < -0.39 is 34.4 Å². The summed E-state index contributed by atoms with van der Waals surface area (Å²) in [5.74, 6) is -0.655. The van der Waals surface area contributed by atoms with Crippen molar-refractivity contribution >= 4 is 22.8 Å². The van der Waals surface area contributed by atoms with Gasteiger partial charge in [-0.05, 0) is 94.7 Å². The molecule has 0 spiro atoms. The van der Waals surface area contributed by atoms with Crippen LogP contribution in [0.15, 0.2) is 24.3 Å². The number of nitrogens with zero attached hydrogens (tertiary/aromatic N) is 1. The minimum atomic E-state index is -2.77. The molecule has 1 aromatic rings. The average Bonchev–Trinajstić information content (AvgIpc) is 3.34. The highest BCUT2D eigenvalue weighted by atomic mass is 32.3. The average molecular weight is 625 g/mol. The van der Waals surface area contributed by atoms with Crippen molar-refractivity contribution < 1.29 is 32.9 Å². The van der Waals surface area contributed by atoms with Crippen LogP contribution in [0.1, 0.15) is 83.1 Å². The van der Waals surface area contributed by atoms with Crippen molar-refractivity contribution in [3.05, 3.63) is 35.6 Å². The highest BCUT2D eigenvalue weighted by Gasteiger charge is 2.43. The topological polar surface area (TPSA) is 143 Å². The van der Waals surface area contributed by atoms with E-state index in [1.165, 1.54) is 12.1 Å². The second-order valence-corrected chi connectivity index (χ2v) is 15.7. The lowest BCUT2D eigenvalue weighted by Crippen LogP contribution is -2.56. The fourth-order valence-electron chi connectivity index (χ4n) is 7.98. The number of amides is 2. The Morgan fingerprint density at radius 2 is 1.91 bits per heavy atom. The van der Waals surface area contributed by atoms with E-state index in [2.05, 4.69) is 16.0 Å². The van der Waals surface area contributed by atoms with Gasteiger partial charge in [0.25, 0.3) is 0 Å². The predicted octanol–water partition coefficient (Wildman–Crippen LogP) is 4.92. The zero-order valence-electron chi connectivity index (χ0n) is 25.3. The number of nitrogens with one attached hydrogen (secondary N) is 3. The van der Waals surface area contributed by atoms with Gasteiger partial charge in [-0.25, -0.2) is 13.5 Å². The molecule has 4 fully saturated rings. The van der Waals surface area contributed by atoms with Crippen LogP contribution >= 0.6 is 10.8 Å². The lowest BCUT2D eigenvalue weighted by molar-refractivity contribution is -0.126. The molecule has 8 atom stereocenters. The maximum Gasteiger partial charge on any atom is 0.405 e. The number of piperazine rings is 1. The fraction of sp³-hybridized carbons (Fsp3) is 0.742. The van der Waals surface area contributed by atoms with Crippen molar-refractivity contribution in [2.75, 3.05) is 25.4 Å². The first-order valence-electron chi connectivity index (χ1n) is 15.9. The third kappa shape index (κ3) is 8.01. The minimum absolute atomic E-state index is 0.0254. The Labute approximate surface area is 256 Å². The van der Waals surface area contributed by atoms with Gasteiger partial charge in [0.15, 0.2) is 0 Å². The van der Waals surface area contributed by atoms with Crippen molar-refractivity contribution in [1.29, 1.82) is 0 Å². The van der Waals surface area contributed by atoms with Crippen LogP contribution in [0.2, 0.25) is 0 Å². The first-order valence-corrected chi connectivity index (χ1v) is 17.5. The quantitative estimate of drug-likeness (QED) is 0.227. The molecule has 2 amide bonds. The van der Waals surface area contributed by atoms with Crippen molar-refractivity contribution in [3.63, 3.8) is 0 Å². The number of carbonyl (C=O) groups is 2. The van der Waals surface area contributed by atoms with Gasteiger partial charge >= 0.3 is 6.09 Å². The van der Waals surface area contributed by atoms with Crippen LogP contribution < -0.4 is 16.0 Å². The summed E-state index contributed by atoms with van der Waals surface area (Å²) >= 11 is 0. The van der Waals surface area contributed by atoms with E-state index in [-0.39, 0.29) is 41.7 Å². The molecule has 3 aliphatic heterocycles. The molecule has 0 radical (unpaired) electrons. The summed E-state index contributed by atoms with van der Waals surface area (Å²) < 4.78 is 43.4. The van der Waals surface area contributed by atoms with E-state index in [4.69, 9.17) is 4.74 Å². The fourth-order valence-corrected chi connectivity index (χ4v) is 9.85. The normalized spacial score (nSPS) is 33.9. The number of rotatable bonds is 9. The molecular formula is C31H49FN4O6S. The van der Waals surface area contributed by atoms with Crippen LogP contribution in [0.3, 0.4) is 0 Å². The van der Waals surface area contributed by atoms with Crippen molar-refractivity contribution in [3.8, 4) is 0 Å². The van der Waals surface area contributed by atoms with Crippen LogP contribution in [-0.2, 0) is 9.53 Å². The summed E-state index contributed by atoms with van der Waals surface area (Å²) in [6.07, 6.45) is 6.13. The molecule has 2 unspecified atom stereocenters. The molecule has 242 valence electrons. The van der Waals surface area contributed by atoms with Crippen LogP contribution in [-0.4, -0.2) is 85.7 Å². The number of halogens is 1. The number of carbonyl (C=O) groups excluding carboxylic acids is 1. The summed E-state index contributed by atoms with van der Waals surface area (Å²) in [4.78, 5) is 26.0. The maximum atomic E-state index is 14.0. The Hall–Kier alpha value is -1.96. The number of fused-ring (bicyclic) bond motifs is 2. The van der Waals surface area contributed by atoms with Crippen molar-refractivity contribution in [1.82, 2.24) is 20.3 Å². The van der Waals surface area contributed by atoms with Gasteiger partial charge in [-0.3, -0.25) is 13.9 Å². The third-order valence-corrected chi connectivity index (χ3v) is 12.1. The molecule has 43 heavy (non-hydrogen) atoms. The molecule has 1 aromatic carbocycles. The standard InChI is InChI=1S/C31H49FN4O6S/c1-31(2)17-22(14-15-42-31)27(21-8-11-23(32)12-9-21)28(35-30(38)39)29(37)34-26-7-3-5-20(26)10-13-25-18-33-24-6-4-16-43(40,41)36(25)19-24/h8-9,11-12,20,22,24-28,33,35,40-41H,3-7,10,13-19H2,1-2H3,(H,34,37)(H,38,39)/t20-,22?,24-,25+,26+,27+,28+/m1/s1. The molecule has 6 N–H and O–H groups in total. The Bertz CT molecular complexity index is 1120. The second-order valence-electron chi connectivity index (χ2n) is 13.6. The molecule has 12 heteroatoms. The van der Waals surface area contributed by atoms with Crippen LogP contribution in [0, 0.1) is 17.7 Å². The second kappa shape index (κ2) is 13.6. The molecule has 0 aromatic heterocycles. The smallest absolute Gasteiger partial charge is 0.405 e. The number of hydrogen-bond donors (Lipinski definition) is 6. The van der Waals surface area contributed by atoms with Gasteiger partial charge in [-0.1, -0.05) is 18.6 Å². The third-order valence-electron chi connectivity index (χ3n) is 10.1. The Morgan fingerprint density at radius 3 is 2.63 bits per heavy atom. The van der Waals surface area contributed by atoms with E-state index in [1.54, 1.807) is 12.1 Å². The molecule has 1 aliphatic carbocycles. The number of hydrogen-bond acceptors (Lipinski definition) is 7. The molecule has 4 aliphatic rings. The van der Waals surface area contributed by atoms with Gasteiger partial charge in [-0.2, -0.15) is 0 Å². The first-order chi connectivity index (χ1) is 20.4. The summed E-state index contributed by atoms with van der Waals surface area (Å²) in [5, 5.41) is 19.2. The van der Waals surface area contributed by atoms with Gasteiger partial charge in [0.05, 0.1) is 11.4 Å². The SMILES string of the molecule is CC1(C)CC([C@H](c2ccc(F)cc2)[C@H](NC(=O)O)C(=O)N[C@H]2CCC[C@@H]2CC[C@H]2CN[C@@H]3CCCS(O)(O)N2C3)CCO1. The Morgan fingerprint density at radius 1 is 1.14 bits per heavy atom. The molecule has 5 rings (SSSR count). The van der Waals surface area contributed by atoms with Gasteiger partial charge in [0.1, 0.15) is 11.9 Å². The largest absolute Gasteiger partial charge is 0.465 e. The van der Waals surface area contributed by atoms with Crippen molar-refractivity contribution in [2.24, 2.45) is 11.8 Å². The summed E-state index contributed by atoms with van der Waals surface area (Å²) in [5.41, 5.74) is 0.298. The van der Waals surface area contributed by atoms with Gasteiger partial charge < -0.3 is 25.8 Å². The van der Waals surface area contributed by atoms with E-state index >= 15 is 0 Å². The number of ether oxygens (including phenoxy) is 1. The Balaban J connectivity index is 1.30. The van der Waals surface area contributed by atoms with E-state index in [0.717, 1.165) is 57.1 Å². The molecule has 10 nitrogen and oxygen atoms in total. The van der Waals surface area contributed by atoms with Gasteiger partial charge in [0, 0.05) is 43.7 Å². The Kier molecular flexibility index (Phi) is 10.2. The zero-order chi connectivity index (χ0) is 30.8. The number of benzene rings is 1. The lowest BCUT2D eigenvalue weighted by Gasteiger charge is -2.49. The predicted molar refractivity (Wildman–Crippen MR) is 165 cm³/mol. The van der Waals surface area contributed by atoms with Crippen LogP contribution in [0.25, 0.3) is 0 Å². The minimum Gasteiger partial charge on any atom is -0.465 e.